The summed E-state index contributed by atoms with van der Waals surface area (Å²) < 4.78 is 0. The van der Waals surface area contributed by atoms with E-state index in [9.17, 15) is 0 Å². The van der Waals surface area contributed by atoms with Crippen LogP contribution in [0.25, 0.3) is 0 Å². The molecule has 0 unspecified atom stereocenters. The van der Waals surface area contributed by atoms with Crippen LogP contribution >= 0.6 is 11.6 Å². The Balaban J connectivity index is 1.95. The van der Waals surface area contributed by atoms with E-state index in [-0.39, 0.29) is 0 Å². The zero-order chi connectivity index (χ0) is 12.3. The Morgan fingerprint density at radius 1 is 1.35 bits per heavy atom. The molecule has 1 fully saturated rings. The first-order chi connectivity index (χ1) is 8.17. The highest BCUT2D eigenvalue weighted by molar-refractivity contribution is 6.29. The van der Waals surface area contributed by atoms with E-state index in [0.29, 0.717) is 10.6 Å². The Morgan fingerprint density at radius 2 is 2.12 bits per heavy atom. The second kappa shape index (κ2) is 5.36. The van der Waals surface area contributed by atoms with E-state index >= 15 is 0 Å². The first-order valence-electron chi connectivity index (χ1n) is 6.50. The van der Waals surface area contributed by atoms with Crippen LogP contribution in [0.15, 0.2) is 18.3 Å². The van der Waals surface area contributed by atoms with Crippen molar-refractivity contribution >= 4 is 11.6 Å². The second-order valence-corrected chi connectivity index (χ2v) is 5.54. The highest BCUT2D eigenvalue weighted by Gasteiger charge is 2.34. The second-order valence-electron chi connectivity index (χ2n) is 5.16. The molecule has 0 radical (unpaired) electrons. The lowest BCUT2D eigenvalue weighted by Crippen LogP contribution is -2.26. The van der Waals surface area contributed by atoms with Crippen LogP contribution in [0.5, 0.6) is 0 Å². The summed E-state index contributed by atoms with van der Waals surface area (Å²) in [5, 5.41) is 0.576. The van der Waals surface area contributed by atoms with E-state index in [1.807, 2.05) is 12.3 Å². The van der Waals surface area contributed by atoms with Gasteiger partial charge in [0, 0.05) is 19.3 Å². The van der Waals surface area contributed by atoms with Gasteiger partial charge < -0.3 is 0 Å². The van der Waals surface area contributed by atoms with Gasteiger partial charge in [0.05, 0.1) is 0 Å². The fraction of sp³-hybridized carbons (Fsp3) is 0.643. The quantitative estimate of drug-likeness (QED) is 0.759. The average Bonchev–Trinajstić information content (AvgIpc) is 2.76. The van der Waals surface area contributed by atoms with Crippen molar-refractivity contribution < 1.29 is 0 Å². The molecule has 3 heteroatoms. The van der Waals surface area contributed by atoms with Gasteiger partial charge in [0.15, 0.2) is 0 Å². The molecule has 0 bridgehead atoms. The van der Waals surface area contributed by atoms with Crippen molar-refractivity contribution in [2.45, 2.75) is 39.7 Å². The number of hydrogen-bond donors (Lipinski definition) is 0. The Morgan fingerprint density at radius 3 is 2.65 bits per heavy atom. The summed E-state index contributed by atoms with van der Waals surface area (Å²) in [5.74, 6) is 0. The van der Waals surface area contributed by atoms with E-state index in [4.69, 9.17) is 11.6 Å². The van der Waals surface area contributed by atoms with Crippen molar-refractivity contribution in [3.63, 3.8) is 0 Å². The van der Waals surface area contributed by atoms with Crippen molar-refractivity contribution in [1.29, 1.82) is 0 Å². The van der Waals surface area contributed by atoms with Gasteiger partial charge >= 0.3 is 0 Å². The first-order valence-corrected chi connectivity index (χ1v) is 6.88. The fourth-order valence-corrected chi connectivity index (χ4v) is 2.86. The monoisotopic (exact) mass is 252 g/mol. The molecule has 94 valence electrons. The Kier molecular flexibility index (Phi) is 4.05. The lowest BCUT2D eigenvalue weighted by molar-refractivity contribution is 0.236. The molecule has 1 saturated heterocycles. The number of likely N-dealkylation sites (tertiary alicyclic amines) is 1. The van der Waals surface area contributed by atoms with Crippen LogP contribution in [-0.2, 0) is 6.54 Å². The molecule has 0 saturated carbocycles. The SMILES string of the molecule is CCC1(CC)CCN(Cc2ccc(Cl)nc2)C1. The first kappa shape index (κ1) is 12.8. The van der Waals surface area contributed by atoms with Crippen molar-refractivity contribution in [1.82, 2.24) is 9.88 Å². The maximum atomic E-state index is 5.79. The minimum absolute atomic E-state index is 0.555. The third kappa shape index (κ3) is 2.99. The highest BCUT2D eigenvalue weighted by Crippen LogP contribution is 2.37. The van der Waals surface area contributed by atoms with Gasteiger partial charge in [-0.05, 0) is 42.9 Å². The normalized spacial score (nSPS) is 19.7. The minimum Gasteiger partial charge on any atom is -0.298 e. The van der Waals surface area contributed by atoms with Gasteiger partial charge in [-0.25, -0.2) is 4.98 Å². The summed E-state index contributed by atoms with van der Waals surface area (Å²) >= 11 is 5.79. The molecule has 0 N–H and O–H groups in total. The molecule has 1 aromatic heterocycles. The van der Waals surface area contributed by atoms with Gasteiger partial charge in [-0.3, -0.25) is 4.90 Å². The van der Waals surface area contributed by atoms with Crippen LogP contribution in [-0.4, -0.2) is 23.0 Å². The third-order valence-corrected chi connectivity index (χ3v) is 4.44. The molecule has 0 spiro atoms. The van der Waals surface area contributed by atoms with Crippen LogP contribution in [0.2, 0.25) is 5.15 Å². The zero-order valence-corrected chi connectivity index (χ0v) is 11.5. The predicted molar refractivity (Wildman–Crippen MR) is 72.2 cm³/mol. The van der Waals surface area contributed by atoms with Gasteiger partial charge in [0.1, 0.15) is 5.15 Å². The van der Waals surface area contributed by atoms with Crippen LogP contribution in [0, 0.1) is 5.41 Å². The van der Waals surface area contributed by atoms with Crippen LogP contribution in [0.1, 0.15) is 38.7 Å². The van der Waals surface area contributed by atoms with E-state index in [1.54, 1.807) is 0 Å². The average molecular weight is 253 g/mol. The number of halogens is 1. The smallest absolute Gasteiger partial charge is 0.129 e. The molecule has 0 amide bonds. The number of aromatic nitrogens is 1. The number of hydrogen-bond acceptors (Lipinski definition) is 2. The van der Waals surface area contributed by atoms with Gasteiger partial charge in [0.25, 0.3) is 0 Å². The molecule has 0 aliphatic carbocycles. The van der Waals surface area contributed by atoms with E-state index < -0.39 is 0 Å². The molecule has 1 aliphatic rings. The molecule has 2 heterocycles. The largest absolute Gasteiger partial charge is 0.298 e. The summed E-state index contributed by atoms with van der Waals surface area (Å²) in [6.45, 7) is 8.08. The van der Waals surface area contributed by atoms with Gasteiger partial charge in [0.2, 0.25) is 0 Å². The molecule has 0 atom stereocenters. The third-order valence-electron chi connectivity index (χ3n) is 4.21. The number of nitrogens with zero attached hydrogens (tertiary/aromatic N) is 2. The van der Waals surface area contributed by atoms with Crippen molar-refractivity contribution in [3.05, 3.63) is 29.0 Å². The lowest BCUT2D eigenvalue weighted by atomic mass is 9.82. The number of rotatable bonds is 4. The zero-order valence-electron chi connectivity index (χ0n) is 10.7. The molecule has 2 rings (SSSR count). The van der Waals surface area contributed by atoms with Crippen LogP contribution < -0.4 is 0 Å². The van der Waals surface area contributed by atoms with Crippen LogP contribution in [0.3, 0.4) is 0 Å². The summed E-state index contributed by atoms with van der Waals surface area (Å²) in [7, 11) is 0. The standard InChI is InChI=1S/C14H21ClN2/c1-3-14(4-2)7-8-17(11-14)10-12-5-6-13(15)16-9-12/h5-6,9H,3-4,7-8,10-11H2,1-2H3. The van der Waals surface area contributed by atoms with Gasteiger partial charge in [-0.15, -0.1) is 0 Å². The number of pyridine rings is 1. The lowest BCUT2D eigenvalue weighted by Gasteiger charge is -2.26. The summed E-state index contributed by atoms with van der Waals surface area (Å²) in [5.41, 5.74) is 1.82. The van der Waals surface area contributed by atoms with Crippen molar-refractivity contribution in [2.24, 2.45) is 5.41 Å². The van der Waals surface area contributed by atoms with Gasteiger partial charge in [-0.2, -0.15) is 0 Å². The molecule has 1 aromatic rings. The van der Waals surface area contributed by atoms with E-state index in [1.165, 1.54) is 37.9 Å². The molecule has 17 heavy (non-hydrogen) atoms. The topological polar surface area (TPSA) is 16.1 Å². The minimum atomic E-state index is 0.555. The predicted octanol–water partition coefficient (Wildman–Crippen LogP) is 3.75. The Hall–Kier alpha value is -0.600. The summed E-state index contributed by atoms with van der Waals surface area (Å²) in [4.78, 5) is 6.68. The van der Waals surface area contributed by atoms with Crippen molar-refractivity contribution in [2.75, 3.05) is 13.1 Å². The molecule has 2 nitrogen and oxygen atoms in total. The fourth-order valence-electron chi connectivity index (χ4n) is 2.75. The maximum Gasteiger partial charge on any atom is 0.129 e. The van der Waals surface area contributed by atoms with E-state index in [0.717, 1.165) is 6.54 Å². The molecule has 1 aliphatic heterocycles. The summed E-state index contributed by atoms with van der Waals surface area (Å²) in [6.07, 6.45) is 5.80. The van der Waals surface area contributed by atoms with Gasteiger partial charge in [-0.1, -0.05) is 31.5 Å². The molecule has 0 aromatic carbocycles. The summed E-state index contributed by atoms with van der Waals surface area (Å²) in [6, 6.07) is 3.95. The highest BCUT2D eigenvalue weighted by atomic mass is 35.5. The molecular formula is C14H21ClN2. The van der Waals surface area contributed by atoms with E-state index in [2.05, 4.69) is 29.8 Å². The van der Waals surface area contributed by atoms with Crippen LogP contribution in [0.4, 0.5) is 0 Å². The van der Waals surface area contributed by atoms with Crippen molar-refractivity contribution in [3.8, 4) is 0 Å². The Labute approximate surface area is 109 Å². The molecular weight excluding hydrogens is 232 g/mol. The maximum absolute atomic E-state index is 5.79. The Bertz CT molecular complexity index is 357.